The van der Waals surface area contributed by atoms with E-state index in [2.05, 4.69) is 22.4 Å². The third-order valence-corrected chi connectivity index (χ3v) is 2.76. The molecule has 0 atom stereocenters. The van der Waals surface area contributed by atoms with Crippen molar-refractivity contribution in [1.29, 1.82) is 0 Å². The van der Waals surface area contributed by atoms with E-state index < -0.39 is 0 Å². The van der Waals surface area contributed by atoms with E-state index in [1.807, 2.05) is 45.0 Å². The Morgan fingerprint density at radius 1 is 1.21 bits per heavy atom. The largest absolute Gasteiger partial charge is 0.491 e. The Labute approximate surface area is 114 Å². The van der Waals surface area contributed by atoms with Gasteiger partial charge in [0.25, 0.3) is 0 Å². The molecular weight excluding hydrogens is 236 g/mol. The van der Waals surface area contributed by atoms with E-state index in [9.17, 15) is 0 Å². The van der Waals surface area contributed by atoms with Crippen LogP contribution in [0.2, 0.25) is 0 Å². The van der Waals surface area contributed by atoms with Gasteiger partial charge >= 0.3 is 0 Å². The number of anilines is 1. The lowest BCUT2D eigenvalue weighted by Gasteiger charge is -2.12. The van der Waals surface area contributed by atoms with Crippen molar-refractivity contribution in [2.24, 2.45) is 0 Å². The molecule has 2 aromatic rings. The zero-order chi connectivity index (χ0) is 13.7. The standard InChI is InChI=1S/C16H20N2O/c1-12(2)19-15-7-4-6-14(10-15)11-18-16-8-5-9-17-13(16)3/h4-10,12,18H,11H2,1-3H3. The second-order valence-corrected chi connectivity index (χ2v) is 4.80. The van der Waals surface area contributed by atoms with E-state index in [0.717, 1.165) is 23.7 Å². The van der Waals surface area contributed by atoms with Gasteiger partial charge in [-0.3, -0.25) is 4.98 Å². The summed E-state index contributed by atoms with van der Waals surface area (Å²) in [5.41, 5.74) is 3.27. The molecule has 0 aliphatic rings. The van der Waals surface area contributed by atoms with Gasteiger partial charge in [-0.1, -0.05) is 12.1 Å². The molecule has 0 radical (unpaired) electrons. The van der Waals surface area contributed by atoms with Crippen LogP contribution < -0.4 is 10.1 Å². The Bertz CT molecular complexity index is 538. The van der Waals surface area contributed by atoms with Gasteiger partial charge in [0.15, 0.2) is 0 Å². The van der Waals surface area contributed by atoms with Crippen LogP contribution in [0.3, 0.4) is 0 Å². The smallest absolute Gasteiger partial charge is 0.120 e. The molecule has 0 unspecified atom stereocenters. The summed E-state index contributed by atoms with van der Waals surface area (Å²) in [4.78, 5) is 4.26. The summed E-state index contributed by atoms with van der Waals surface area (Å²) in [6.07, 6.45) is 2.00. The van der Waals surface area contributed by atoms with Crippen molar-refractivity contribution in [3.8, 4) is 5.75 Å². The molecule has 1 heterocycles. The van der Waals surface area contributed by atoms with E-state index >= 15 is 0 Å². The van der Waals surface area contributed by atoms with Gasteiger partial charge in [0.2, 0.25) is 0 Å². The number of nitrogens with one attached hydrogen (secondary N) is 1. The maximum absolute atomic E-state index is 5.69. The number of ether oxygens (including phenoxy) is 1. The summed E-state index contributed by atoms with van der Waals surface area (Å²) in [6, 6.07) is 12.1. The van der Waals surface area contributed by atoms with Gasteiger partial charge in [0.1, 0.15) is 5.75 Å². The van der Waals surface area contributed by atoms with E-state index in [1.54, 1.807) is 6.20 Å². The normalized spacial score (nSPS) is 10.5. The number of hydrogen-bond acceptors (Lipinski definition) is 3. The van der Waals surface area contributed by atoms with E-state index in [-0.39, 0.29) is 6.10 Å². The number of pyridine rings is 1. The molecule has 100 valence electrons. The van der Waals surface area contributed by atoms with Crippen LogP contribution >= 0.6 is 0 Å². The Hall–Kier alpha value is -2.03. The third kappa shape index (κ3) is 3.98. The average Bonchev–Trinajstić information content (AvgIpc) is 2.37. The highest BCUT2D eigenvalue weighted by molar-refractivity contribution is 5.47. The molecular formula is C16H20N2O. The first-order valence-corrected chi connectivity index (χ1v) is 6.56. The van der Waals surface area contributed by atoms with Crippen LogP contribution in [0.5, 0.6) is 5.75 Å². The number of aryl methyl sites for hydroxylation is 1. The topological polar surface area (TPSA) is 34.2 Å². The molecule has 0 saturated carbocycles. The number of aromatic nitrogens is 1. The number of hydrogen-bond donors (Lipinski definition) is 1. The molecule has 0 fully saturated rings. The first-order valence-electron chi connectivity index (χ1n) is 6.56. The summed E-state index contributed by atoms with van der Waals surface area (Å²) in [5, 5.41) is 3.39. The van der Waals surface area contributed by atoms with Gasteiger partial charge in [-0.2, -0.15) is 0 Å². The summed E-state index contributed by atoms with van der Waals surface area (Å²) in [6.45, 7) is 6.83. The number of benzene rings is 1. The molecule has 0 bridgehead atoms. The van der Waals surface area contributed by atoms with Crippen LogP contribution in [0.1, 0.15) is 25.1 Å². The lowest BCUT2D eigenvalue weighted by Crippen LogP contribution is -2.06. The summed E-state index contributed by atoms with van der Waals surface area (Å²) < 4.78 is 5.69. The van der Waals surface area contributed by atoms with Crippen LogP contribution in [0.25, 0.3) is 0 Å². The van der Waals surface area contributed by atoms with Crippen molar-refractivity contribution in [1.82, 2.24) is 4.98 Å². The molecule has 19 heavy (non-hydrogen) atoms. The number of nitrogens with zero attached hydrogens (tertiary/aromatic N) is 1. The van der Waals surface area contributed by atoms with E-state index in [1.165, 1.54) is 5.56 Å². The zero-order valence-electron chi connectivity index (χ0n) is 11.7. The highest BCUT2D eigenvalue weighted by Crippen LogP contribution is 2.17. The second kappa shape index (κ2) is 6.23. The van der Waals surface area contributed by atoms with Crippen LogP contribution in [0.4, 0.5) is 5.69 Å². The van der Waals surface area contributed by atoms with Gasteiger partial charge in [0, 0.05) is 12.7 Å². The maximum atomic E-state index is 5.69. The third-order valence-electron chi connectivity index (χ3n) is 2.76. The minimum absolute atomic E-state index is 0.198. The molecule has 0 aliphatic heterocycles. The molecule has 0 saturated heterocycles. The second-order valence-electron chi connectivity index (χ2n) is 4.80. The molecule has 1 N–H and O–H groups in total. The average molecular weight is 256 g/mol. The van der Waals surface area contributed by atoms with Crippen LogP contribution in [0.15, 0.2) is 42.6 Å². The summed E-state index contributed by atoms with van der Waals surface area (Å²) in [7, 11) is 0. The summed E-state index contributed by atoms with van der Waals surface area (Å²) in [5.74, 6) is 0.914. The Kier molecular flexibility index (Phi) is 4.39. The fourth-order valence-corrected chi connectivity index (χ4v) is 1.87. The van der Waals surface area contributed by atoms with Gasteiger partial charge in [-0.05, 0) is 50.6 Å². The minimum atomic E-state index is 0.198. The number of rotatable bonds is 5. The molecule has 0 aliphatic carbocycles. The van der Waals surface area contributed by atoms with Crippen LogP contribution in [-0.4, -0.2) is 11.1 Å². The van der Waals surface area contributed by atoms with Gasteiger partial charge in [-0.15, -0.1) is 0 Å². The molecule has 2 rings (SSSR count). The van der Waals surface area contributed by atoms with Crippen LogP contribution in [-0.2, 0) is 6.54 Å². The first kappa shape index (κ1) is 13.4. The van der Waals surface area contributed by atoms with E-state index in [0.29, 0.717) is 0 Å². The SMILES string of the molecule is Cc1ncccc1NCc1cccc(OC(C)C)c1. The van der Waals surface area contributed by atoms with Gasteiger partial charge < -0.3 is 10.1 Å². The van der Waals surface area contributed by atoms with Crippen molar-refractivity contribution in [2.45, 2.75) is 33.4 Å². The minimum Gasteiger partial charge on any atom is -0.491 e. The lowest BCUT2D eigenvalue weighted by atomic mass is 10.2. The van der Waals surface area contributed by atoms with Gasteiger partial charge in [-0.25, -0.2) is 0 Å². The predicted molar refractivity (Wildman–Crippen MR) is 78.5 cm³/mol. The fourth-order valence-electron chi connectivity index (χ4n) is 1.87. The van der Waals surface area contributed by atoms with Crippen molar-refractivity contribution in [3.05, 3.63) is 53.9 Å². The van der Waals surface area contributed by atoms with Crippen molar-refractivity contribution < 1.29 is 4.74 Å². The summed E-state index contributed by atoms with van der Waals surface area (Å²) >= 11 is 0. The van der Waals surface area contributed by atoms with E-state index in [4.69, 9.17) is 4.74 Å². The van der Waals surface area contributed by atoms with Crippen LogP contribution in [0, 0.1) is 6.92 Å². The monoisotopic (exact) mass is 256 g/mol. The van der Waals surface area contributed by atoms with Crippen molar-refractivity contribution in [2.75, 3.05) is 5.32 Å². The van der Waals surface area contributed by atoms with Crippen molar-refractivity contribution >= 4 is 5.69 Å². The molecule has 3 nitrogen and oxygen atoms in total. The molecule has 0 amide bonds. The van der Waals surface area contributed by atoms with Gasteiger partial charge in [0.05, 0.1) is 17.5 Å². The highest BCUT2D eigenvalue weighted by Gasteiger charge is 2.01. The Morgan fingerprint density at radius 2 is 2.05 bits per heavy atom. The zero-order valence-corrected chi connectivity index (χ0v) is 11.7. The highest BCUT2D eigenvalue weighted by atomic mass is 16.5. The molecule has 3 heteroatoms. The predicted octanol–water partition coefficient (Wildman–Crippen LogP) is 3.79. The van der Waals surface area contributed by atoms with Crippen molar-refractivity contribution in [3.63, 3.8) is 0 Å². The quantitative estimate of drug-likeness (QED) is 0.883. The Balaban J connectivity index is 2.02. The molecule has 1 aromatic carbocycles. The lowest BCUT2D eigenvalue weighted by molar-refractivity contribution is 0.242. The first-order chi connectivity index (χ1) is 9.15. The Morgan fingerprint density at radius 3 is 2.79 bits per heavy atom. The maximum Gasteiger partial charge on any atom is 0.120 e. The molecule has 1 aromatic heterocycles. The molecule has 0 spiro atoms. The fraction of sp³-hybridized carbons (Fsp3) is 0.312.